The van der Waals surface area contributed by atoms with Crippen LogP contribution in [0.1, 0.15) is 33.4 Å². The second kappa shape index (κ2) is 25.2. The molecule has 81 heavy (non-hydrogen) atoms. The second-order valence-corrected chi connectivity index (χ2v) is 18.9. The first-order valence-corrected chi connectivity index (χ1v) is 26.1. The van der Waals surface area contributed by atoms with E-state index in [1.54, 1.807) is 0 Å². The van der Waals surface area contributed by atoms with E-state index in [9.17, 15) is 0 Å². The van der Waals surface area contributed by atoms with Crippen LogP contribution in [0.2, 0.25) is 0 Å². The Morgan fingerprint density at radius 1 is 0.173 bits per heavy atom. The van der Waals surface area contributed by atoms with Gasteiger partial charge in [0.25, 0.3) is 0 Å². The first-order valence-electron chi connectivity index (χ1n) is 26.1. The first-order chi connectivity index (χ1) is 38.7. The smallest absolute Gasteiger partial charge is 1.00 e. The number of nitrogens with zero attached hydrogens (tertiary/aromatic N) is 6. The quantitative estimate of drug-likeness (QED) is 0.149. The molecule has 0 saturated heterocycles. The second-order valence-electron chi connectivity index (χ2n) is 18.9. The van der Waals surface area contributed by atoms with E-state index in [1.165, 1.54) is 66.8 Å². The van der Waals surface area contributed by atoms with Crippen molar-refractivity contribution in [3.63, 3.8) is 0 Å². The zero-order chi connectivity index (χ0) is 52.0. The zero-order valence-electron chi connectivity index (χ0n) is 43.5. The minimum atomic E-state index is 0. The molecular formula is C72H48Cl2N6Ru. The number of rotatable bonds is 6. The third-order valence-corrected chi connectivity index (χ3v) is 14.4. The summed E-state index contributed by atoms with van der Waals surface area (Å²) in [5.74, 6) is 0. The number of halogens is 2. The average Bonchev–Trinajstić information content (AvgIpc) is 3.54. The van der Waals surface area contributed by atoms with Crippen LogP contribution in [0.5, 0.6) is 0 Å². The molecule has 0 spiro atoms. The fourth-order valence-electron chi connectivity index (χ4n) is 10.7. The molecule has 0 amide bonds. The molecule has 0 fully saturated rings. The van der Waals surface area contributed by atoms with Crippen molar-refractivity contribution in [1.29, 1.82) is 0 Å². The van der Waals surface area contributed by atoms with Crippen LogP contribution < -0.4 is 56.1 Å². The maximum atomic E-state index is 4.67. The van der Waals surface area contributed by atoms with E-state index >= 15 is 0 Å². The molecular weight excluding hydrogens is 1120 g/mol. The largest absolute Gasteiger partial charge is 8.00 e. The zero-order valence-corrected chi connectivity index (χ0v) is 46.8. The molecule has 9 aromatic rings. The third-order valence-electron chi connectivity index (χ3n) is 14.4. The fraction of sp³-hybridized carbons (Fsp3) is 0. The van der Waals surface area contributed by atoms with E-state index in [-0.39, 0.29) is 44.3 Å². The summed E-state index contributed by atoms with van der Waals surface area (Å²) in [5.41, 5.74) is 19.9. The Labute approximate surface area is 497 Å². The van der Waals surface area contributed by atoms with E-state index in [0.717, 1.165) is 65.4 Å². The van der Waals surface area contributed by atoms with Crippen molar-refractivity contribution in [3.8, 4) is 0 Å². The third kappa shape index (κ3) is 11.0. The Balaban J connectivity index is 0.000000134. The Hall–Kier alpha value is -9.36. The molecule has 0 bridgehead atoms. The number of hydrogen-bond acceptors (Lipinski definition) is 0. The summed E-state index contributed by atoms with van der Waals surface area (Å²) in [6.07, 6.45) is 23.7. The van der Waals surface area contributed by atoms with Crippen LogP contribution in [0.25, 0.3) is 65.3 Å². The average molecular weight is 1170 g/mol. The molecule has 0 atom stereocenters. The molecule has 0 radical (unpaired) electrons. The number of fused-ring (bicyclic) bond motifs is 9. The number of benzene rings is 9. The summed E-state index contributed by atoms with van der Waals surface area (Å²) in [5, 5.41) is 34.8. The monoisotopic (exact) mass is 1170 g/mol. The molecule has 6 aliphatic rings. The first kappa shape index (κ1) is 55.0. The normalized spacial score (nSPS) is 13.8. The van der Waals surface area contributed by atoms with Crippen molar-refractivity contribution in [3.05, 3.63) is 389 Å². The molecule has 15 rings (SSSR count). The van der Waals surface area contributed by atoms with Crippen molar-refractivity contribution < 1.29 is 44.3 Å². The van der Waals surface area contributed by atoms with Gasteiger partial charge in [-0.25, -0.2) is 0 Å². The molecule has 0 aliphatic carbocycles. The maximum absolute atomic E-state index is 4.67. The summed E-state index contributed by atoms with van der Waals surface area (Å²) in [6.45, 7) is 0. The van der Waals surface area contributed by atoms with Gasteiger partial charge in [0.05, 0.1) is 0 Å². The van der Waals surface area contributed by atoms with Crippen LogP contribution in [0.15, 0.2) is 292 Å². The SMILES string of the molecule is C1=CC(c2ccccc2)=c2ccc3c(c2[N-]1)[N-]C=CC=3c1ccccc1.C1=CC(c2ccccc2)=c2ccc3c(c2[N-]1)[N-]C=CC=3c1ccccc1.C1=CC(c2ccccc2)=c2ccc3c(c2[N-]1)[N-]C=CC=3c1ccccc1.[Cl-].[Cl-].[Ru+8]. The molecule has 9 heteroatoms. The van der Waals surface area contributed by atoms with Crippen molar-refractivity contribution in [2.45, 2.75) is 0 Å². The van der Waals surface area contributed by atoms with Gasteiger partial charge in [0.15, 0.2) is 0 Å². The molecule has 9 aromatic carbocycles. The maximum Gasteiger partial charge on any atom is 8.00 e. The van der Waals surface area contributed by atoms with Crippen LogP contribution in [-0.2, 0) is 19.5 Å². The molecule has 0 saturated carbocycles. The predicted octanol–water partition coefficient (Wildman–Crippen LogP) is 9.45. The van der Waals surface area contributed by atoms with E-state index in [1.807, 2.05) is 73.6 Å². The minimum Gasteiger partial charge on any atom is -1.00 e. The van der Waals surface area contributed by atoms with Gasteiger partial charge in [-0.1, -0.05) is 255 Å². The van der Waals surface area contributed by atoms with Gasteiger partial charge in [-0.15, -0.1) is 34.1 Å². The Morgan fingerprint density at radius 3 is 0.444 bits per heavy atom. The van der Waals surface area contributed by atoms with Crippen LogP contribution in [-0.4, -0.2) is 0 Å². The molecule has 388 valence electrons. The van der Waals surface area contributed by atoms with Crippen LogP contribution in [0, 0.1) is 0 Å². The van der Waals surface area contributed by atoms with Gasteiger partial charge in [-0.05, 0) is 98.1 Å². The van der Waals surface area contributed by atoms with Gasteiger partial charge in [0, 0.05) is 0 Å². The van der Waals surface area contributed by atoms with Gasteiger partial charge < -0.3 is 56.7 Å². The van der Waals surface area contributed by atoms with Gasteiger partial charge in [-0.3, -0.25) is 0 Å². The minimum absolute atomic E-state index is 0. The van der Waals surface area contributed by atoms with Gasteiger partial charge in [-0.2, -0.15) is 37.2 Å². The van der Waals surface area contributed by atoms with Crippen LogP contribution >= 0.6 is 0 Å². The Bertz CT molecular complexity index is 3650. The molecule has 6 heterocycles. The summed E-state index contributed by atoms with van der Waals surface area (Å²) >= 11 is 0. The van der Waals surface area contributed by atoms with Crippen molar-refractivity contribution in [2.24, 2.45) is 0 Å². The predicted molar refractivity (Wildman–Crippen MR) is 324 cm³/mol. The van der Waals surface area contributed by atoms with Gasteiger partial charge in [0.1, 0.15) is 0 Å². The Kier molecular flexibility index (Phi) is 17.1. The summed E-state index contributed by atoms with van der Waals surface area (Å²) in [4.78, 5) is 0. The summed E-state index contributed by atoms with van der Waals surface area (Å²) in [7, 11) is 0. The van der Waals surface area contributed by atoms with Crippen LogP contribution in [0.4, 0.5) is 34.1 Å². The fourth-order valence-corrected chi connectivity index (χ4v) is 10.7. The molecule has 0 aromatic heterocycles. The van der Waals surface area contributed by atoms with Crippen LogP contribution in [0.3, 0.4) is 0 Å². The molecule has 0 N–H and O–H groups in total. The van der Waals surface area contributed by atoms with Crippen molar-refractivity contribution >= 4 is 67.6 Å². The summed E-state index contributed by atoms with van der Waals surface area (Å²) < 4.78 is 0. The van der Waals surface area contributed by atoms with Crippen molar-refractivity contribution in [2.75, 3.05) is 0 Å². The Morgan fingerprint density at radius 2 is 0.309 bits per heavy atom. The molecule has 0 unspecified atom stereocenters. The van der Waals surface area contributed by atoms with Crippen molar-refractivity contribution in [1.82, 2.24) is 0 Å². The topological polar surface area (TPSA) is 84.6 Å². The standard InChI is InChI=1S/3C24H16N2.2ClH.Ru/c3*1-3-7-17(8-4-1)19-13-15-25-23-21(19)11-12-22-20(14-16-26-24(22)23)18-9-5-2-6-10-18;;;/h3*1-16H;2*1H;/q3*-2;;;+8/p-2. The molecule has 6 aliphatic heterocycles. The molecule has 6 nitrogen and oxygen atoms in total. The van der Waals surface area contributed by atoms with Gasteiger partial charge in [0.2, 0.25) is 0 Å². The summed E-state index contributed by atoms with van der Waals surface area (Å²) in [6, 6.07) is 75.6. The van der Waals surface area contributed by atoms with E-state index in [4.69, 9.17) is 0 Å². The van der Waals surface area contributed by atoms with E-state index in [2.05, 4.69) is 250 Å². The van der Waals surface area contributed by atoms with Gasteiger partial charge >= 0.3 is 19.5 Å². The van der Waals surface area contributed by atoms with E-state index < -0.39 is 0 Å². The van der Waals surface area contributed by atoms with E-state index in [0.29, 0.717) is 0 Å². The number of allylic oxidation sites excluding steroid dienone is 6. The number of hydrogen-bond donors (Lipinski definition) is 0.